The molecular formula is C16H16ClN3O2. The van der Waals surface area contributed by atoms with Crippen LogP contribution in [0.25, 0.3) is 11.5 Å². The van der Waals surface area contributed by atoms with Crippen molar-refractivity contribution in [1.29, 1.82) is 5.26 Å². The number of anilines is 1. The molecule has 0 aliphatic carbocycles. The van der Waals surface area contributed by atoms with Crippen molar-refractivity contribution in [1.82, 2.24) is 4.98 Å². The van der Waals surface area contributed by atoms with Gasteiger partial charge in [0.2, 0.25) is 17.5 Å². The SMILES string of the molecule is C[C@@H]1CN(c2oc(-c3ccccc3Cl)nc2C#N)C[C@@H](C)O1. The Bertz CT molecular complexity index is 712. The summed E-state index contributed by atoms with van der Waals surface area (Å²) in [7, 11) is 0. The van der Waals surface area contributed by atoms with Crippen molar-refractivity contribution in [3.8, 4) is 17.5 Å². The van der Waals surface area contributed by atoms with E-state index in [1.54, 1.807) is 6.07 Å². The van der Waals surface area contributed by atoms with Gasteiger partial charge in [0.1, 0.15) is 6.07 Å². The van der Waals surface area contributed by atoms with Crippen molar-refractivity contribution in [2.75, 3.05) is 18.0 Å². The molecule has 2 atom stereocenters. The molecule has 0 radical (unpaired) electrons. The number of hydrogen-bond acceptors (Lipinski definition) is 5. The minimum atomic E-state index is 0.0733. The Hall–Kier alpha value is -2.03. The highest BCUT2D eigenvalue weighted by atomic mass is 35.5. The van der Waals surface area contributed by atoms with Crippen molar-refractivity contribution in [2.45, 2.75) is 26.1 Å². The molecule has 1 saturated heterocycles. The van der Waals surface area contributed by atoms with Crippen LogP contribution >= 0.6 is 11.6 Å². The average Bonchev–Trinajstić information content (AvgIpc) is 2.91. The van der Waals surface area contributed by atoms with Gasteiger partial charge in [0.05, 0.1) is 22.8 Å². The van der Waals surface area contributed by atoms with Crippen molar-refractivity contribution >= 4 is 17.5 Å². The molecule has 0 saturated carbocycles. The number of hydrogen-bond donors (Lipinski definition) is 0. The molecule has 0 amide bonds. The topological polar surface area (TPSA) is 62.3 Å². The first-order chi connectivity index (χ1) is 10.6. The van der Waals surface area contributed by atoms with Crippen LogP contribution in [-0.2, 0) is 4.74 Å². The lowest BCUT2D eigenvalue weighted by atomic mass is 10.2. The molecule has 1 aromatic heterocycles. The predicted octanol–water partition coefficient (Wildman–Crippen LogP) is 3.48. The molecular weight excluding hydrogens is 302 g/mol. The molecule has 0 spiro atoms. The minimum absolute atomic E-state index is 0.0733. The monoisotopic (exact) mass is 317 g/mol. The van der Waals surface area contributed by atoms with E-state index in [4.69, 9.17) is 20.8 Å². The Morgan fingerprint density at radius 3 is 2.59 bits per heavy atom. The highest BCUT2D eigenvalue weighted by Gasteiger charge is 2.28. The van der Waals surface area contributed by atoms with Gasteiger partial charge >= 0.3 is 0 Å². The van der Waals surface area contributed by atoms with Crippen LogP contribution in [0, 0.1) is 11.3 Å². The van der Waals surface area contributed by atoms with Crippen molar-refractivity contribution in [2.24, 2.45) is 0 Å². The summed E-state index contributed by atoms with van der Waals surface area (Å²) in [6, 6.07) is 9.39. The lowest BCUT2D eigenvalue weighted by Crippen LogP contribution is -2.45. The van der Waals surface area contributed by atoms with Crippen molar-refractivity contribution in [3.05, 3.63) is 35.0 Å². The first-order valence-electron chi connectivity index (χ1n) is 7.14. The number of nitriles is 1. The molecule has 2 heterocycles. The van der Waals surface area contributed by atoms with E-state index in [1.165, 1.54) is 0 Å². The van der Waals surface area contributed by atoms with Crippen LogP contribution in [-0.4, -0.2) is 30.3 Å². The van der Waals surface area contributed by atoms with Crippen LogP contribution in [0.2, 0.25) is 5.02 Å². The third kappa shape index (κ3) is 2.80. The van der Waals surface area contributed by atoms with Crippen LogP contribution in [0.3, 0.4) is 0 Å². The van der Waals surface area contributed by atoms with Crippen molar-refractivity contribution in [3.63, 3.8) is 0 Å². The zero-order valence-electron chi connectivity index (χ0n) is 12.4. The van der Waals surface area contributed by atoms with Crippen LogP contribution in [0.4, 0.5) is 5.88 Å². The molecule has 2 aromatic rings. The van der Waals surface area contributed by atoms with Crippen LogP contribution in [0.5, 0.6) is 0 Å². The molecule has 3 rings (SSSR count). The smallest absolute Gasteiger partial charge is 0.235 e. The molecule has 0 N–H and O–H groups in total. The first-order valence-corrected chi connectivity index (χ1v) is 7.52. The van der Waals surface area contributed by atoms with E-state index in [1.807, 2.05) is 36.9 Å². The van der Waals surface area contributed by atoms with E-state index in [0.29, 0.717) is 35.5 Å². The third-order valence-corrected chi connectivity index (χ3v) is 3.86. The van der Waals surface area contributed by atoms with Gasteiger partial charge in [-0.25, -0.2) is 0 Å². The Morgan fingerprint density at radius 2 is 1.95 bits per heavy atom. The predicted molar refractivity (Wildman–Crippen MR) is 83.9 cm³/mol. The maximum atomic E-state index is 9.35. The number of benzene rings is 1. The summed E-state index contributed by atoms with van der Waals surface area (Å²) in [5, 5.41) is 9.89. The molecule has 1 aliphatic heterocycles. The maximum Gasteiger partial charge on any atom is 0.235 e. The zero-order valence-corrected chi connectivity index (χ0v) is 13.2. The summed E-state index contributed by atoms with van der Waals surface area (Å²) in [6.45, 7) is 5.33. The van der Waals surface area contributed by atoms with Gasteiger partial charge in [0.25, 0.3) is 0 Å². The first kappa shape index (κ1) is 14.9. The summed E-state index contributed by atoms with van der Waals surface area (Å²) >= 11 is 6.18. The Balaban J connectivity index is 1.99. The number of oxazole rings is 1. The van der Waals surface area contributed by atoms with E-state index < -0.39 is 0 Å². The summed E-state index contributed by atoms with van der Waals surface area (Å²) in [5.41, 5.74) is 0.956. The number of rotatable bonds is 2. The molecule has 1 fully saturated rings. The molecule has 22 heavy (non-hydrogen) atoms. The second kappa shape index (κ2) is 5.99. The number of ether oxygens (including phenoxy) is 1. The molecule has 0 unspecified atom stereocenters. The number of aromatic nitrogens is 1. The molecule has 1 aliphatic rings. The van der Waals surface area contributed by atoms with Gasteiger partial charge in [-0.15, -0.1) is 0 Å². The molecule has 1 aromatic carbocycles. The lowest BCUT2D eigenvalue weighted by molar-refractivity contribution is -0.00638. The Labute approximate surface area is 134 Å². The largest absolute Gasteiger partial charge is 0.419 e. The molecule has 0 bridgehead atoms. The van der Waals surface area contributed by atoms with Gasteiger partial charge in [-0.05, 0) is 26.0 Å². The van der Waals surface area contributed by atoms with Gasteiger partial charge in [-0.2, -0.15) is 10.2 Å². The molecule has 114 valence electrons. The second-order valence-electron chi connectivity index (χ2n) is 5.43. The summed E-state index contributed by atoms with van der Waals surface area (Å²) < 4.78 is 11.6. The number of halogens is 1. The van der Waals surface area contributed by atoms with E-state index in [9.17, 15) is 5.26 Å². The fraction of sp³-hybridized carbons (Fsp3) is 0.375. The number of nitrogens with zero attached hydrogens (tertiary/aromatic N) is 3. The average molecular weight is 318 g/mol. The molecule has 6 heteroatoms. The molecule has 5 nitrogen and oxygen atoms in total. The third-order valence-electron chi connectivity index (χ3n) is 3.53. The van der Waals surface area contributed by atoms with Gasteiger partial charge in [0, 0.05) is 13.1 Å². The summed E-state index contributed by atoms with van der Waals surface area (Å²) in [5.74, 6) is 0.850. The summed E-state index contributed by atoms with van der Waals surface area (Å²) in [4.78, 5) is 6.30. The van der Waals surface area contributed by atoms with Gasteiger partial charge in [0.15, 0.2) is 0 Å². The summed E-state index contributed by atoms with van der Waals surface area (Å²) in [6.07, 6.45) is 0.147. The number of morpholine rings is 1. The van der Waals surface area contributed by atoms with Crippen LogP contribution < -0.4 is 4.90 Å². The Kier molecular flexibility index (Phi) is 4.06. The van der Waals surface area contributed by atoms with Crippen LogP contribution in [0.15, 0.2) is 28.7 Å². The lowest BCUT2D eigenvalue weighted by Gasteiger charge is -2.34. The van der Waals surface area contributed by atoms with E-state index >= 15 is 0 Å². The van der Waals surface area contributed by atoms with Crippen molar-refractivity contribution < 1.29 is 9.15 Å². The standard InChI is InChI=1S/C16H16ClN3O2/c1-10-8-20(9-11(2)21-10)16-14(7-18)19-15(22-16)12-5-3-4-6-13(12)17/h3-6,10-11H,8-9H2,1-2H3/t10-,11-/m1/s1. The fourth-order valence-corrected chi connectivity index (χ4v) is 2.91. The normalized spacial score (nSPS) is 21.6. The van der Waals surface area contributed by atoms with Gasteiger partial charge < -0.3 is 14.1 Å². The maximum absolute atomic E-state index is 9.35. The minimum Gasteiger partial charge on any atom is -0.419 e. The van der Waals surface area contributed by atoms with Gasteiger partial charge in [-0.1, -0.05) is 23.7 Å². The van der Waals surface area contributed by atoms with E-state index in [2.05, 4.69) is 11.1 Å². The van der Waals surface area contributed by atoms with Crippen LogP contribution in [0.1, 0.15) is 19.5 Å². The Morgan fingerprint density at radius 1 is 1.27 bits per heavy atom. The highest BCUT2D eigenvalue weighted by Crippen LogP contribution is 2.33. The van der Waals surface area contributed by atoms with Gasteiger partial charge in [-0.3, -0.25) is 0 Å². The zero-order chi connectivity index (χ0) is 15.7. The highest BCUT2D eigenvalue weighted by molar-refractivity contribution is 6.33. The fourth-order valence-electron chi connectivity index (χ4n) is 2.69. The van der Waals surface area contributed by atoms with E-state index in [-0.39, 0.29) is 17.9 Å². The quantitative estimate of drug-likeness (QED) is 0.848. The van der Waals surface area contributed by atoms with E-state index in [0.717, 1.165) is 0 Å². The second-order valence-corrected chi connectivity index (χ2v) is 5.83.